The number of carbonyl (C=O) groups is 1. The Morgan fingerprint density at radius 1 is 1.03 bits per heavy atom. The van der Waals surface area contributed by atoms with Gasteiger partial charge in [0.1, 0.15) is 6.07 Å². The smallest absolute Gasteiger partial charge is 0.244 e. The highest BCUT2D eigenvalue weighted by atomic mass is 32.2. The van der Waals surface area contributed by atoms with E-state index in [1.807, 2.05) is 24.8 Å². The normalized spacial score (nSPS) is 23.0. The van der Waals surface area contributed by atoms with Gasteiger partial charge in [-0.3, -0.25) is 9.69 Å². The van der Waals surface area contributed by atoms with E-state index in [0.717, 1.165) is 26.2 Å². The Bertz CT molecular complexity index is 938. The minimum atomic E-state index is -3.81. The number of carbonyl (C=O) groups excluding carboxylic acids is 1. The molecule has 1 amide bonds. The van der Waals surface area contributed by atoms with Crippen molar-refractivity contribution in [2.24, 2.45) is 5.92 Å². The lowest BCUT2D eigenvalue weighted by atomic mass is 9.84. The highest BCUT2D eigenvalue weighted by Gasteiger charge is 2.39. The fraction of sp³-hybridized carbons (Fsp3) is 0.667. The Kier molecular flexibility index (Phi) is 7.97. The second-order valence-corrected chi connectivity index (χ2v) is 11.3. The lowest BCUT2D eigenvalue weighted by Crippen LogP contribution is -2.53. The van der Waals surface area contributed by atoms with Crippen LogP contribution in [0.4, 0.5) is 0 Å². The molecule has 1 saturated heterocycles. The molecule has 0 aromatic heterocycles. The maximum absolute atomic E-state index is 13.5. The van der Waals surface area contributed by atoms with Gasteiger partial charge in [0.25, 0.3) is 0 Å². The fourth-order valence-corrected chi connectivity index (χ4v) is 7.11. The molecule has 1 aliphatic heterocycles. The van der Waals surface area contributed by atoms with Gasteiger partial charge in [0, 0.05) is 50.2 Å². The van der Waals surface area contributed by atoms with E-state index >= 15 is 0 Å². The Labute approximate surface area is 193 Å². The maximum Gasteiger partial charge on any atom is 0.244 e. The molecule has 176 valence electrons. The highest BCUT2D eigenvalue weighted by molar-refractivity contribution is 7.89. The third-order valence-corrected chi connectivity index (χ3v) is 9.02. The molecule has 1 heterocycles. The number of hydrogen-bond donors (Lipinski definition) is 0. The van der Waals surface area contributed by atoms with Gasteiger partial charge in [-0.25, -0.2) is 8.42 Å². The van der Waals surface area contributed by atoms with Crippen molar-refractivity contribution in [1.82, 2.24) is 14.1 Å². The van der Waals surface area contributed by atoms with Gasteiger partial charge in [0.2, 0.25) is 15.9 Å². The van der Waals surface area contributed by atoms with E-state index in [0.29, 0.717) is 31.7 Å². The van der Waals surface area contributed by atoms with Crippen molar-refractivity contribution in [1.29, 1.82) is 5.26 Å². The van der Waals surface area contributed by atoms with Gasteiger partial charge >= 0.3 is 0 Å². The van der Waals surface area contributed by atoms with Crippen molar-refractivity contribution in [2.45, 2.75) is 76.4 Å². The van der Waals surface area contributed by atoms with E-state index in [1.165, 1.54) is 6.07 Å². The Morgan fingerprint density at radius 3 is 2.16 bits per heavy atom. The van der Waals surface area contributed by atoms with Crippen LogP contribution in [0.1, 0.15) is 58.9 Å². The molecule has 0 unspecified atom stereocenters. The Morgan fingerprint density at radius 2 is 1.62 bits per heavy atom. The summed E-state index contributed by atoms with van der Waals surface area (Å²) < 4.78 is 28.6. The highest BCUT2D eigenvalue weighted by Crippen LogP contribution is 2.34. The summed E-state index contributed by atoms with van der Waals surface area (Å²) in [5, 5.41) is 9.40. The van der Waals surface area contributed by atoms with Crippen LogP contribution in [0.5, 0.6) is 0 Å². The van der Waals surface area contributed by atoms with Crippen LogP contribution in [0.15, 0.2) is 29.2 Å². The van der Waals surface area contributed by atoms with Crippen LogP contribution in [0.2, 0.25) is 0 Å². The van der Waals surface area contributed by atoms with Gasteiger partial charge in [-0.2, -0.15) is 9.57 Å². The fourth-order valence-electron chi connectivity index (χ4n) is 5.09. The zero-order valence-corrected chi connectivity index (χ0v) is 20.5. The molecule has 2 fully saturated rings. The van der Waals surface area contributed by atoms with Crippen molar-refractivity contribution < 1.29 is 13.2 Å². The van der Waals surface area contributed by atoms with E-state index in [9.17, 15) is 18.5 Å². The maximum atomic E-state index is 13.5. The molecule has 8 heteroatoms. The van der Waals surface area contributed by atoms with Crippen LogP contribution in [-0.2, 0) is 14.8 Å². The van der Waals surface area contributed by atoms with E-state index < -0.39 is 10.0 Å². The van der Waals surface area contributed by atoms with Crippen molar-refractivity contribution in [2.75, 3.05) is 26.2 Å². The van der Waals surface area contributed by atoms with E-state index in [-0.39, 0.29) is 34.4 Å². The number of piperazine rings is 1. The number of benzene rings is 1. The second-order valence-electron chi connectivity index (χ2n) is 9.50. The SMILES string of the molecule is CC(C)N1CCN(C(=O)[C@H]2CC[C@H](N(C(C)C)S(=O)(=O)c3ccccc3C#N)CC2)CC1. The lowest BCUT2D eigenvalue weighted by Gasteiger charge is -2.41. The van der Waals surface area contributed by atoms with E-state index in [1.54, 1.807) is 22.5 Å². The van der Waals surface area contributed by atoms with Crippen LogP contribution in [0, 0.1) is 17.2 Å². The predicted octanol–water partition coefficient (Wildman–Crippen LogP) is 3.07. The number of nitriles is 1. The van der Waals surface area contributed by atoms with Gasteiger partial charge in [-0.05, 0) is 65.5 Å². The van der Waals surface area contributed by atoms with Gasteiger partial charge in [-0.1, -0.05) is 12.1 Å². The van der Waals surface area contributed by atoms with Crippen molar-refractivity contribution >= 4 is 15.9 Å². The molecule has 0 radical (unpaired) electrons. The molecule has 3 rings (SSSR count). The van der Waals surface area contributed by atoms with Crippen LogP contribution in [0.3, 0.4) is 0 Å². The average molecular weight is 461 g/mol. The first-order valence-electron chi connectivity index (χ1n) is 11.7. The quantitative estimate of drug-likeness (QED) is 0.651. The molecule has 7 nitrogen and oxygen atoms in total. The molecule has 2 aliphatic rings. The zero-order valence-electron chi connectivity index (χ0n) is 19.7. The topological polar surface area (TPSA) is 84.7 Å². The summed E-state index contributed by atoms with van der Waals surface area (Å²) in [5.41, 5.74) is 0.169. The summed E-state index contributed by atoms with van der Waals surface area (Å²) in [6.07, 6.45) is 2.72. The number of rotatable bonds is 6. The van der Waals surface area contributed by atoms with Crippen LogP contribution in [0.25, 0.3) is 0 Å². The zero-order chi connectivity index (χ0) is 23.5. The van der Waals surface area contributed by atoms with Gasteiger partial charge in [0.15, 0.2) is 0 Å². The standard InChI is InChI=1S/C24H36N4O3S/c1-18(2)26-13-15-27(16-14-26)24(29)20-9-11-22(12-10-20)28(19(3)4)32(30,31)23-8-6-5-7-21(23)17-25/h5-8,18-20,22H,9-16H2,1-4H3/t20-,22-. The monoisotopic (exact) mass is 460 g/mol. The summed E-state index contributed by atoms with van der Waals surface area (Å²) in [6.45, 7) is 11.5. The Balaban J connectivity index is 1.67. The molecular formula is C24H36N4O3S. The number of amides is 1. The van der Waals surface area contributed by atoms with Crippen LogP contribution >= 0.6 is 0 Å². The van der Waals surface area contributed by atoms with Crippen molar-refractivity contribution in [3.8, 4) is 6.07 Å². The molecule has 1 saturated carbocycles. The third kappa shape index (κ3) is 5.16. The molecule has 1 aromatic rings. The molecule has 1 aliphatic carbocycles. The molecule has 0 spiro atoms. The molecule has 1 aromatic carbocycles. The molecular weight excluding hydrogens is 424 g/mol. The molecule has 0 N–H and O–H groups in total. The van der Waals surface area contributed by atoms with Crippen LogP contribution in [-0.4, -0.2) is 72.7 Å². The van der Waals surface area contributed by atoms with Gasteiger partial charge in [-0.15, -0.1) is 0 Å². The summed E-state index contributed by atoms with van der Waals surface area (Å²) in [5.74, 6) is 0.195. The lowest BCUT2D eigenvalue weighted by molar-refractivity contribution is -0.138. The molecule has 32 heavy (non-hydrogen) atoms. The predicted molar refractivity (Wildman–Crippen MR) is 124 cm³/mol. The first-order valence-corrected chi connectivity index (χ1v) is 13.2. The minimum absolute atomic E-state index is 0.0278. The first kappa shape index (κ1) is 24.7. The third-order valence-electron chi connectivity index (χ3n) is 6.83. The second kappa shape index (κ2) is 10.3. The van der Waals surface area contributed by atoms with Crippen molar-refractivity contribution in [3.63, 3.8) is 0 Å². The Hall–Kier alpha value is -1.95. The molecule has 0 atom stereocenters. The minimum Gasteiger partial charge on any atom is -0.340 e. The first-order chi connectivity index (χ1) is 15.2. The van der Waals surface area contributed by atoms with E-state index in [2.05, 4.69) is 18.7 Å². The summed E-state index contributed by atoms with van der Waals surface area (Å²) >= 11 is 0. The van der Waals surface area contributed by atoms with Gasteiger partial charge in [0.05, 0.1) is 10.5 Å². The number of hydrogen-bond acceptors (Lipinski definition) is 5. The summed E-state index contributed by atoms with van der Waals surface area (Å²) in [7, 11) is -3.81. The van der Waals surface area contributed by atoms with Crippen molar-refractivity contribution in [3.05, 3.63) is 29.8 Å². The van der Waals surface area contributed by atoms with Crippen LogP contribution < -0.4 is 0 Å². The average Bonchev–Trinajstić information content (AvgIpc) is 2.78. The largest absolute Gasteiger partial charge is 0.340 e. The summed E-state index contributed by atoms with van der Waals surface area (Å²) in [4.78, 5) is 17.5. The van der Waals surface area contributed by atoms with E-state index in [4.69, 9.17) is 0 Å². The van der Waals surface area contributed by atoms with Gasteiger partial charge < -0.3 is 4.90 Å². The number of nitrogens with zero attached hydrogens (tertiary/aromatic N) is 4. The summed E-state index contributed by atoms with van der Waals surface area (Å²) in [6, 6.07) is 8.50. The number of sulfonamides is 1. The molecule has 0 bridgehead atoms.